The largest absolute Gasteiger partial charge is 0.390 e. The van der Waals surface area contributed by atoms with E-state index in [9.17, 15) is 5.11 Å². The molecule has 2 aliphatic rings. The van der Waals surface area contributed by atoms with Crippen molar-refractivity contribution in [3.63, 3.8) is 0 Å². The summed E-state index contributed by atoms with van der Waals surface area (Å²) in [6.07, 6.45) is 5.14. The van der Waals surface area contributed by atoms with E-state index in [1.54, 1.807) is 0 Å². The van der Waals surface area contributed by atoms with Gasteiger partial charge in [-0.2, -0.15) is 0 Å². The van der Waals surface area contributed by atoms with Gasteiger partial charge in [-0.25, -0.2) is 0 Å². The molecule has 1 saturated heterocycles. The van der Waals surface area contributed by atoms with Crippen LogP contribution in [0.15, 0.2) is 0 Å². The van der Waals surface area contributed by atoms with Crippen molar-refractivity contribution in [2.24, 2.45) is 11.3 Å². The van der Waals surface area contributed by atoms with Crippen LogP contribution >= 0.6 is 0 Å². The molecular formula is C17H34N2O2. The normalized spacial score (nSPS) is 26.1. The van der Waals surface area contributed by atoms with Gasteiger partial charge < -0.3 is 14.7 Å². The van der Waals surface area contributed by atoms with Crippen LogP contribution in [0.2, 0.25) is 0 Å². The van der Waals surface area contributed by atoms with Crippen LogP contribution in [0.1, 0.15) is 39.5 Å². The summed E-state index contributed by atoms with van der Waals surface area (Å²) in [7, 11) is 2.16. The van der Waals surface area contributed by atoms with Gasteiger partial charge >= 0.3 is 0 Å². The topological polar surface area (TPSA) is 35.9 Å². The van der Waals surface area contributed by atoms with E-state index < -0.39 is 0 Å². The SMILES string of the molecule is CN(CC(O)CN1CCOCC1)CC1CCC(C)(C)CC1. The van der Waals surface area contributed by atoms with E-state index in [0.29, 0.717) is 5.41 Å². The zero-order valence-corrected chi connectivity index (χ0v) is 14.2. The molecule has 4 nitrogen and oxygen atoms in total. The predicted octanol–water partition coefficient (Wildman–Crippen LogP) is 1.83. The van der Waals surface area contributed by atoms with Crippen molar-refractivity contribution in [3.05, 3.63) is 0 Å². The zero-order valence-electron chi connectivity index (χ0n) is 14.2. The minimum absolute atomic E-state index is 0.242. The molecule has 0 amide bonds. The molecule has 21 heavy (non-hydrogen) atoms. The first-order chi connectivity index (χ1) is 9.94. The molecule has 1 aliphatic carbocycles. The van der Waals surface area contributed by atoms with Gasteiger partial charge in [-0.05, 0) is 44.1 Å². The van der Waals surface area contributed by atoms with E-state index >= 15 is 0 Å². The van der Waals surface area contributed by atoms with Crippen LogP contribution in [-0.4, -0.2) is 74.0 Å². The van der Waals surface area contributed by atoms with Crippen LogP contribution in [0.4, 0.5) is 0 Å². The Balaban J connectivity index is 1.63. The maximum absolute atomic E-state index is 10.3. The first-order valence-corrected chi connectivity index (χ1v) is 8.61. The quantitative estimate of drug-likeness (QED) is 0.811. The fourth-order valence-corrected chi connectivity index (χ4v) is 3.66. The first-order valence-electron chi connectivity index (χ1n) is 8.61. The van der Waals surface area contributed by atoms with Crippen LogP contribution in [0.5, 0.6) is 0 Å². The molecule has 1 atom stereocenters. The van der Waals surface area contributed by atoms with E-state index in [4.69, 9.17) is 4.74 Å². The monoisotopic (exact) mass is 298 g/mol. The van der Waals surface area contributed by atoms with Crippen molar-refractivity contribution < 1.29 is 9.84 Å². The lowest BCUT2D eigenvalue weighted by Crippen LogP contribution is -2.44. The maximum atomic E-state index is 10.3. The zero-order chi connectivity index (χ0) is 15.3. The van der Waals surface area contributed by atoms with Crippen LogP contribution in [-0.2, 0) is 4.74 Å². The van der Waals surface area contributed by atoms with Crippen molar-refractivity contribution in [3.8, 4) is 0 Å². The van der Waals surface area contributed by atoms with Crippen molar-refractivity contribution in [2.75, 3.05) is 53.0 Å². The van der Waals surface area contributed by atoms with Gasteiger partial charge in [-0.1, -0.05) is 13.8 Å². The molecule has 1 N–H and O–H groups in total. The summed E-state index contributed by atoms with van der Waals surface area (Å²) in [6.45, 7) is 11.0. The third-order valence-corrected chi connectivity index (χ3v) is 5.12. The van der Waals surface area contributed by atoms with E-state index in [1.807, 2.05) is 0 Å². The lowest BCUT2D eigenvalue weighted by atomic mass is 9.73. The number of likely N-dealkylation sites (N-methyl/N-ethyl adjacent to an activating group) is 1. The standard InChI is InChI=1S/C17H34N2O2/c1-17(2)6-4-15(5-7-17)12-18(3)13-16(20)14-19-8-10-21-11-9-19/h15-16,20H,4-14H2,1-3H3. The summed E-state index contributed by atoms with van der Waals surface area (Å²) in [5.41, 5.74) is 0.547. The highest BCUT2D eigenvalue weighted by Gasteiger charge is 2.27. The molecule has 1 saturated carbocycles. The van der Waals surface area contributed by atoms with Crippen molar-refractivity contribution in [1.82, 2.24) is 9.80 Å². The number of rotatable bonds is 6. The molecule has 1 heterocycles. The molecular weight excluding hydrogens is 264 g/mol. The van der Waals surface area contributed by atoms with Gasteiger partial charge in [0.25, 0.3) is 0 Å². The summed E-state index contributed by atoms with van der Waals surface area (Å²) >= 11 is 0. The number of hydrogen-bond donors (Lipinski definition) is 1. The number of nitrogens with zero attached hydrogens (tertiary/aromatic N) is 2. The smallest absolute Gasteiger partial charge is 0.0793 e. The predicted molar refractivity (Wildman–Crippen MR) is 86.5 cm³/mol. The highest BCUT2D eigenvalue weighted by atomic mass is 16.5. The Labute approximate surface area is 130 Å². The first kappa shape index (κ1) is 17.2. The third kappa shape index (κ3) is 6.23. The second-order valence-electron chi connectivity index (χ2n) is 7.90. The lowest BCUT2D eigenvalue weighted by molar-refractivity contribution is 0.00705. The minimum Gasteiger partial charge on any atom is -0.390 e. The summed E-state index contributed by atoms with van der Waals surface area (Å²) in [4.78, 5) is 4.64. The van der Waals surface area contributed by atoms with Gasteiger partial charge in [0.15, 0.2) is 0 Å². The Kier molecular flexibility index (Phi) is 6.48. The van der Waals surface area contributed by atoms with Crippen LogP contribution in [0, 0.1) is 11.3 Å². The molecule has 2 fully saturated rings. The summed E-state index contributed by atoms with van der Waals surface area (Å²) in [5, 5.41) is 10.3. The van der Waals surface area contributed by atoms with Gasteiger partial charge in [0.1, 0.15) is 0 Å². The van der Waals surface area contributed by atoms with E-state index in [1.165, 1.54) is 25.7 Å². The van der Waals surface area contributed by atoms with Crippen molar-refractivity contribution in [2.45, 2.75) is 45.6 Å². The number of aliphatic hydroxyl groups is 1. The molecule has 0 radical (unpaired) electrons. The molecule has 0 spiro atoms. The fourth-order valence-electron chi connectivity index (χ4n) is 3.66. The number of β-amino-alcohol motifs (C(OH)–C–C–N with tert-alkyl or cyclic N) is 1. The molecule has 0 aromatic heterocycles. The van der Waals surface area contributed by atoms with E-state index in [2.05, 4.69) is 30.7 Å². The molecule has 2 rings (SSSR count). The average Bonchev–Trinajstić information content (AvgIpc) is 2.42. The number of ether oxygens (including phenoxy) is 1. The molecule has 1 unspecified atom stereocenters. The minimum atomic E-state index is -0.242. The van der Waals surface area contributed by atoms with Crippen molar-refractivity contribution in [1.29, 1.82) is 0 Å². The molecule has 124 valence electrons. The summed E-state index contributed by atoms with van der Waals surface area (Å²) in [6, 6.07) is 0. The van der Waals surface area contributed by atoms with Gasteiger partial charge in [-0.15, -0.1) is 0 Å². The molecule has 0 aromatic rings. The molecule has 0 aromatic carbocycles. The third-order valence-electron chi connectivity index (χ3n) is 5.12. The van der Waals surface area contributed by atoms with Gasteiger partial charge in [-0.3, -0.25) is 4.90 Å². The molecule has 1 aliphatic heterocycles. The Hall–Kier alpha value is -0.160. The Morgan fingerprint density at radius 2 is 1.86 bits per heavy atom. The second-order valence-corrected chi connectivity index (χ2v) is 7.90. The second kappa shape index (κ2) is 7.91. The number of morpholine rings is 1. The van der Waals surface area contributed by atoms with E-state index in [0.717, 1.165) is 51.9 Å². The fraction of sp³-hybridized carbons (Fsp3) is 1.00. The molecule has 4 heteroatoms. The van der Waals surface area contributed by atoms with E-state index in [-0.39, 0.29) is 6.10 Å². The highest BCUT2D eigenvalue weighted by molar-refractivity contribution is 4.80. The number of hydrogen-bond acceptors (Lipinski definition) is 4. The highest BCUT2D eigenvalue weighted by Crippen LogP contribution is 2.38. The average molecular weight is 298 g/mol. The van der Waals surface area contributed by atoms with Crippen LogP contribution in [0.25, 0.3) is 0 Å². The summed E-state index contributed by atoms with van der Waals surface area (Å²) < 4.78 is 5.35. The van der Waals surface area contributed by atoms with Crippen LogP contribution < -0.4 is 0 Å². The van der Waals surface area contributed by atoms with Gasteiger partial charge in [0, 0.05) is 32.7 Å². The lowest BCUT2D eigenvalue weighted by Gasteiger charge is -2.36. The van der Waals surface area contributed by atoms with Gasteiger partial charge in [0.05, 0.1) is 19.3 Å². The Morgan fingerprint density at radius 1 is 1.24 bits per heavy atom. The van der Waals surface area contributed by atoms with Gasteiger partial charge in [0.2, 0.25) is 0 Å². The van der Waals surface area contributed by atoms with Crippen molar-refractivity contribution >= 4 is 0 Å². The maximum Gasteiger partial charge on any atom is 0.0793 e. The van der Waals surface area contributed by atoms with Crippen LogP contribution in [0.3, 0.4) is 0 Å². The Bertz CT molecular complexity index is 293. The Morgan fingerprint density at radius 3 is 2.48 bits per heavy atom. The summed E-state index contributed by atoms with van der Waals surface area (Å²) in [5.74, 6) is 0.818. The molecule has 0 bridgehead atoms. The number of aliphatic hydroxyl groups excluding tert-OH is 1.